The van der Waals surface area contributed by atoms with Crippen molar-refractivity contribution in [3.05, 3.63) is 35.5 Å². The molecule has 0 aliphatic rings. The maximum absolute atomic E-state index is 12.1. The lowest BCUT2D eigenvalue weighted by Crippen LogP contribution is -2.39. The number of amides is 1. The predicted molar refractivity (Wildman–Crippen MR) is 107 cm³/mol. The minimum absolute atomic E-state index is 0.0120. The summed E-state index contributed by atoms with van der Waals surface area (Å²) in [4.78, 5) is 18.8. The summed E-state index contributed by atoms with van der Waals surface area (Å²) in [6.07, 6.45) is 0.919. The molecule has 26 heavy (non-hydrogen) atoms. The molecule has 0 saturated heterocycles. The normalized spacial score (nSPS) is 12.3. The van der Waals surface area contributed by atoms with Crippen molar-refractivity contribution in [2.75, 3.05) is 18.5 Å². The van der Waals surface area contributed by atoms with Crippen molar-refractivity contribution in [2.24, 2.45) is 0 Å². The average molecular weight is 372 g/mol. The van der Waals surface area contributed by atoms with E-state index >= 15 is 0 Å². The summed E-state index contributed by atoms with van der Waals surface area (Å²) in [6, 6.07) is 8.41. The molecule has 1 N–H and O–H groups in total. The number of aromatic nitrogens is 3. The Hall–Kier alpha value is -2.41. The molecule has 0 spiro atoms. The van der Waals surface area contributed by atoms with Gasteiger partial charge in [0, 0.05) is 13.1 Å². The smallest absolute Gasteiger partial charge is 0.239 e. The van der Waals surface area contributed by atoms with Gasteiger partial charge in [0.25, 0.3) is 0 Å². The quantitative estimate of drug-likeness (QED) is 0.721. The molecular formula is C19H25N5OS. The topological polar surface area (TPSA) is 63.1 Å². The molecule has 138 valence electrons. The van der Waals surface area contributed by atoms with Gasteiger partial charge in [-0.1, -0.05) is 36.0 Å². The standard InChI is InChI=1S/C19H25N5OS/c1-6-13(3)20-16(25)11-23(5)19-21-18-17(26-19)14(4)22-24(18)15-9-7-12(2)8-10-15/h7-10,13H,6,11H2,1-5H3,(H,20,25). The van der Waals surface area contributed by atoms with E-state index in [1.54, 1.807) is 11.3 Å². The average Bonchev–Trinajstić information content (AvgIpc) is 3.16. The van der Waals surface area contributed by atoms with Crippen LogP contribution in [0.25, 0.3) is 16.0 Å². The fourth-order valence-corrected chi connectivity index (χ4v) is 3.60. The van der Waals surface area contributed by atoms with Gasteiger partial charge in [-0.15, -0.1) is 0 Å². The highest BCUT2D eigenvalue weighted by molar-refractivity contribution is 7.22. The third-order valence-electron chi connectivity index (χ3n) is 4.38. The molecule has 0 aliphatic heterocycles. The first-order valence-corrected chi connectivity index (χ1v) is 9.64. The van der Waals surface area contributed by atoms with E-state index in [-0.39, 0.29) is 18.5 Å². The molecule has 1 unspecified atom stereocenters. The van der Waals surface area contributed by atoms with E-state index in [1.807, 2.05) is 42.6 Å². The van der Waals surface area contributed by atoms with E-state index in [1.165, 1.54) is 5.56 Å². The molecule has 7 heteroatoms. The van der Waals surface area contributed by atoms with Gasteiger partial charge in [-0.05, 0) is 39.3 Å². The number of benzene rings is 1. The fourth-order valence-electron chi connectivity index (χ4n) is 2.66. The molecule has 1 aromatic carbocycles. The number of fused-ring (bicyclic) bond motifs is 1. The number of anilines is 1. The molecular weight excluding hydrogens is 346 g/mol. The van der Waals surface area contributed by atoms with Crippen LogP contribution in [0.3, 0.4) is 0 Å². The summed E-state index contributed by atoms with van der Waals surface area (Å²) in [6.45, 7) is 8.41. The second-order valence-corrected chi connectivity index (χ2v) is 7.69. The Balaban J connectivity index is 1.86. The predicted octanol–water partition coefficient (Wildman–Crippen LogP) is 3.45. The van der Waals surface area contributed by atoms with Gasteiger partial charge >= 0.3 is 0 Å². The highest BCUT2D eigenvalue weighted by Crippen LogP contribution is 2.31. The second-order valence-electron chi connectivity index (χ2n) is 6.71. The van der Waals surface area contributed by atoms with E-state index in [4.69, 9.17) is 4.98 Å². The number of carbonyl (C=O) groups is 1. The molecule has 0 aliphatic carbocycles. The van der Waals surface area contributed by atoms with Crippen molar-refractivity contribution < 1.29 is 4.79 Å². The Bertz CT molecular complexity index is 912. The van der Waals surface area contributed by atoms with Crippen LogP contribution in [0.15, 0.2) is 24.3 Å². The minimum Gasteiger partial charge on any atom is -0.352 e. The Morgan fingerprint density at radius 3 is 2.65 bits per heavy atom. The van der Waals surface area contributed by atoms with Gasteiger partial charge in [-0.3, -0.25) is 4.79 Å². The van der Waals surface area contributed by atoms with Crippen LogP contribution in [0.4, 0.5) is 5.13 Å². The van der Waals surface area contributed by atoms with Gasteiger partial charge < -0.3 is 10.2 Å². The van der Waals surface area contributed by atoms with Gasteiger partial charge in [-0.25, -0.2) is 4.68 Å². The number of thiazole rings is 1. The molecule has 0 fully saturated rings. The fraction of sp³-hybridized carbons (Fsp3) is 0.421. The summed E-state index contributed by atoms with van der Waals surface area (Å²) in [5, 5.41) is 8.44. The van der Waals surface area contributed by atoms with Crippen LogP contribution in [0.5, 0.6) is 0 Å². The van der Waals surface area contributed by atoms with Crippen molar-refractivity contribution >= 4 is 32.7 Å². The van der Waals surface area contributed by atoms with Gasteiger partial charge in [0.2, 0.25) is 5.91 Å². The summed E-state index contributed by atoms with van der Waals surface area (Å²) < 4.78 is 2.92. The van der Waals surface area contributed by atoms with Crippen LogP contribution in [-0.2, 0) is 4.79 Å². The van der Waals surface area contributed by atoms with Crippen LogP contribution < -0.4 is 10.2 Å². The van der Waals surface area contributed by atoms with Crippen molar-refractivity contribution in [2.45, 2.75) is 40.2 Å². The lowest BCUT2D eigenvalue weighted by atomic mass is 10.2. The maximum atomic E-state index is 12.1. The zero-order valence-corrected chi connectivity index (χ0v) is 16.7. The van der Waals surface area contributed by atoms with Gasteiger partial charge in [0.05, 0.1) is 22.6 Å². The first-order chi connectivity index (χ1) is 12.4. The Kier molecular flexibility index (Phi) is 5.27. The molecule has 0 radical (unpaired) electrons. The molecule has 3 rings (SSSR count). The summed E-state index contributed by atoms with van der Waals surface area (Å²) in [7, 11) is 1.90. The molecule has 2 aromatic heterocycles. The lowest BCUT2D eigenvalue weighted by molar-refractivity contribution is -0.120. The van der Waals surface area contributed by atoms with Crippen LogP contribution in [-0.4, -0.2) is 40.3 Å². The van der Waals surface area contributed by atoms with Crippen LogP contribution in [0.1, 0.15) is 31.5 Å². The number of likely N-dealkylation sites (N-methyl/N-ethyl adjacent to an activating group) is 1. The first kappa shape index (κ1) is 18.4. The lowest BCUT2D eigenvalue weighted by Gasteiger charge is -2.17. The summed E-state index contributed by atoms with van der Waals surface area (Å²) in [5.74, 6) is 0.0120. The highest BCUT2D eigenvalue weighted by atomic mass is 32.1. The van der Waals surface area contributed by atoms with Crippen molar-refractivity contribution in [3.63, 3.8) is 0 Å². The van der Waals surface area contributed by atoms with E-state index in [2.05, 4.69) is 36.4 Å². The van der Waals surface area contributed by atoms with E-state index < -0.39 is 0 Å². The molecule has 1 atom stereocenters. The molecule has 6 nitrogen and oxygen atoms in total. The van der Waals surface area contributed by atoms with Gasteiger partial charge in [0.15, 0.2) is 10.8 Å². The van der Waals surface area contributed by atoms with Crippen LogP contribution in [0.2, 0.25) is 0 Å². The molecule has 0 bridgehead atoms. The Morgan fingerprint density at radius 2 is 2.00 bits per heavy atom. The second kappa shape index (κ2) is 7.45. The van der Waals surface area contributed by atoms with Crippen molar-refractivity contribution in [1.82, 2.24) is 20.1 Å². The number of aryl methyl sites for hydroxylation is 2. The van der Waals surface area contributed by atoms with E-state index in [9.17, 15) is 4.79 Å². The third kappa shape index (κ3) is 3.72. The number of nitrogens with one attached hydrogen (secondary N) is 1. The number of hydrogen-bond donors (Lipinski definition) is 1. The maximum Gasteiger partial charge on any atom is 0.239 e. The number of rotatable bonds is 6. The van der Waals surface area contributed by atoms with Crippen LogP contribution in [0, 0.1) is 13.8 Å². The van der Waals surface area contributed by atoms with Crippen LogP contribution >= 0.6 is 11.3 Å². The minimum atomic E-state index is 0.0120. The Morgan fingerprint density at radius 1 is 1.31 bits per heavy atom. The summed E-state index contributed by atoms with van der Waals surface area (Å²) >= 11 is 1.57. The number of hydrogen-bond acceptors (Lipinski definition) is 5. The molecule has 3 aromatic rings. The van der Waals surface area contributed by atoms with Crippen molar-refractivity contribution in [1.29, 1.82) is 0 Å². The first-order valence-electron chi connectivity index (χ1n) is 8.82. The molecule has 0 saturated carbocycles. The number of carbonyl (C=O) groups excluding carboxylic acids is 1. The SMILES string of the molecule is CCC(C)NC(=O)CN(C)c1nc2c(s1)c(C)nn2-c1ccc(C)cc1. The van der Waals surface area contributed by atoms with E-state index in [0.717, 1.165) is 33.3 Å². The third-order valence-corrected chi connectivity index (χ3v) is 5.65. The zero-order chi connectivity index (χ0) is 18.8. The monoisotopic (exact) mass is 371 g/mol. The van der Waals surface area contributed by atoms with Crippen molar-refractivity contribution in [3.8, 4) is 5.69 Å². The molecule has 1 amide bonds. The number of nitrogens with zero attached hydrogens (tertiary/aromatic N) is 4. The van der Waals surface area contributed by atoms with Gasteiger partial charge in [0.1, 0.15) is 0 Å². The largest absolute Gasteiger partial charge is 0.352 e. The zero-order valence-electron chi connectivity index (χ0n) is 15.9. The van der Waals surface area contributed by atoms with E-state index in [0.29, 0.717) is 0 Å². The summed E-state index contributed by atoms with van der Waals surface area (Å²) in [5.41, 5.74) is 3.98. The Labute approximate surface area is 157 Å². The highest BCUT2D eigenvalue weighted by Gasteiger charge is 2.18. The van der Waals surface area contributed by atoms with Gasteiger partial charge in [-0.2, -0.15) is 10.1 Å². The molecule has 2 heterocycles.